The van der Waals surface area contributed by atoms with Crippen molar-refractivity contribution in [3.8, 4) is 22.0 Å². The van der Waals surface area contributed by atoms with Crippen molar-refractivity contribution in [1.82, 2.24) is 30.2 Å². The summed E-state index contributed by atoms with van der Waals surface area (Å²) < 4.78 is 1.52. The maximum Gasteiger partial charge on any atom is 0.339 e. The molecule has 0 saturated heterocycles. The van der Waals surface area contributed by atoms with E-state index in [-0.39, 0.29) is 11.4 Å². The predicted molar refractivity (Wildman–Crippen MR) is 110 cm³/mol. The van der Waals surface area contributed by atoms with E-state index in [1.165, 1.54) is 28.3 Å². The molecule has 3 heterocycles. The number of nitrogens with one attached hydrogen (secondary N) is 1. The number of carboxylic acid groups (broad SMARTS) is 1. The highest BCUT2D eigenvalue weighted by Crippen LogP contribution is 2.40. The second-order valence-electron chi connectivity index (χ2n) is 5.78. The van der Waals surface area contributed by atoms with Crippen LogP contribution in [0, 0.1) is 0 Å². The second-order valence-corrected chi connectivity index (χ2v) is 7.59. The van der Waals surface area contributed by atoms with Gasteiger partial charge in [-0.1, -0.05) is 40.6 Å². The first-order valence-electron chi connectivity index (χ1n) is 8.08. The zero-order chi connectivity index (χ0) is 20.5. The molecule has 0 radical (unpaired) electrons. The molecule has 146 valence electrons. The summed E-state index contributed by atoms with van der Waals surface area (Å²) in [6.45, 7) is 0. The number of tetrazole rings is 1. The summed E-state index contributed by atoms with van der Waals surface area (Å²) in [7, 11) is 1.71. The Labute approximate surface area is 178 Å². The third-order valence-corrected chi connectivity index (χ3v) is 5.61. The number of thiazole rings is 1. The zero-order valence-electron chi connectivity index (χ0n) is 14.7. The normalized spacial score (nSPS) is 10.9. The molecule has 0 atom stereocenters. The van der Waals surface area contributed by atoms with Gasteiger partial charge in [-0.05, 0) is 34.7 Å². The highest BCUT2D eigenvalue weighted by atomic mass is 35.5. The third-order valence-electron chi connectivity index (χ3n) is 3.91. The Morgan fingerprint density at radius 1 is 1.24 bits per heavy atom. The van der Waals surface area contributed by atoms with Gasteiger partial charge in [-0.25, -0.2) is 19.4 Å². The summed E-state index contributed by atoms with van der Waals surface area (Å²) in [6, 6.07) is 8.15. The standard InChI is InChI=1S/C17H11Cl2N7O2S/c1-26-15(23-24-25-26)13-12(8-4-5-10(18)11(19)7-8)21-17(29-13)22-14-9(16(27)28)3-2-6-20-14/h2-7H,1H3,(H,27,28)(H,20,21,22). The summed E-state index contributed by atoms with van der Waals surface area (Å²) in [5.74, 6) is -0.423. The van der Waals surface area contributed by atoms with Crippen molar-refractivity contribution in [1.29, 1.82) is 0 Å². The number of pyridine rings is 1. The van der Waals surface area contributed by atoms with Crippen molar-refractivity contribution in [3.05, 3.63) is 52.1 Å². The van der Waals surface area contributed by atoms with E-state index in [1.807, 2.05) is 0 Å². The number of carbonyl (C=O) groups is 1. The Morgan fingerprint density at radius 3 is 2.76 bits per heavy atom. The van der Waals surface area contributed by atoms with E-state index in [1.54, 1.807) is 31.3 Å². The summed E-state index contributed by atoms with van der Waals surface area (Å²) in [6.07, 6.45) is 1.50. The van der Waals surface area contributed by atoms with Crippen molar-refractivity contribution < 1.29 is 9.90 Å². The number of hydrogen-bond acceptors (Lipinski definition) is 8. The first kappa shape index (κ1) is 19.2. The molecule has 29 heavy (non-hydrogen) atoms. The van der Waals surface area contributed by atoms with Gasteiger partial charge in [-0.3, -0.25) is 0 Å². The molecule has 1 aromatic carbocycles. The van der Waals surface area contributed by atoms with Gasteiger partial charge in [0.25, 0.3) is 0 Å². The quantitative estimate of drug-likeness (QED) is 0.468. The number of carboxylic acids is 1. The van der Waals surface area contributed by atoms with E-state index in [2.05, 4.69) is 30.8 Å². The van der Waals surface area contributed by atoms with E-state index in [4.69, 9.17) is 23.2 Å². The van der Waals surface area contributed by atoms with Crippen molar-refractivity contribution in [3.63, 3.8) is 0 Å². The predicted octanol–water partition coefficient (Wildman–Crippen LogP) is 4.14. The molecular weight excluding hydrogens is 437 g/mol. The van der Waals surface area contributed by atoms with Gasteiger partial charge in [-0.15, -0.1) is 5.10 Å². The van der Waals surface area contributed by atoms with E-state index in [0.717, 1.165) is 0 Å². The molecule has 0 bridgehead atoms. The first-order chi connectivity index (χ1) is 13.9. The van der Waals surface area contributed by atoms with Crippen LogP contribution < -0.4 is 5.32 Å². The molecule has 4 aromatic rings. The smallest absolute Gasteiger partial charge is 0.339 e. The maximum absolute atomic E-state index is 11.5. The van der Waals surface area contributed by atoms with Crippen LogP contribution in [0.25, 0.3) is 22.0 Å². The van der Waals surface area contributed by atoms with Crippen LogP contribution in [-0.2, 0) is 7.05 Å². The molecule has 0 spiro atoms. The molecule has 0 aliphatic rings. The minimum atomic E-state index is -1.10. The topological polar surface area (TPSA) is 119 Å². The lowest BCUT2D eigenvalue weighted by Crippen LogP contribution is -2.04. The van der Waals surface area contributed by atoms with Crippen LogP contribution in [0.1, 0.15) is 10.4 Å². The molecule has 0 amide bonds. The summed E-state index contributed by atoms with van der Waals surface area (Å²) in [5.41, 5.74) is 1.31. The highest BCUT2D eigenvalue weighted by molar-refractivity contribution is 7.19. The summed E-state index contributed by atoms with van der Waals surface area (Å²) in [5, 5.41) is 25.2. The van der Waals surface area contributed by atoms with Gasteiger partial charge in [0.15, 0.2) is 11.0 Å². The first-order valence-corrected chi connectivity index (χ1v) is 9.65. The van der Waals surface area contributed by atoms with Gasteiger partial charge in [0.1, 0.15) is 16.3 Å². The number of rotatable bonds is 5. The summed E-state index contributed by atoms with van der Waals surface area (Å²) >= 11 is 13.5. The van der Waals surface area contributed by atoms with Gasteiger partial charge in [0.05, 0.1) is 15.7 Å². The monoisotopic (exact) mass is 447 g/mol. The molecule has 2 N–H and O–H groups in total. The number of anilines is 2. The molecule has 12 heteroatoms. The summed E-state index contributed by atoms with van der Waals surface area (Å²) in [4.78, 5) is 20.8. The number of hydrogen-bond donors (Lipinski definition) is 2. The van der Waals surface area contributed by atoms with Crippen LogP contribution in [0.5, 0.6) is 0 Å². The van der Waals surface area contributed by atoms with Crippen molar-refractivity contribution >= 4 is 51.5 Å². The van der Waals surface area contributed by atoms with Gasteiger partial charge in [-0.2, -0.15) is 0 Å². The fourth-order valence-electron chi connectivity index (χ4n) is 2.56. The Kier molecular flexibility index (Phi) is 5.14. The van der Waals surface area contributed by atoms with Crippen LogP contribution in [-0.4, -0.2) is 41.3 Å². The SMILES string of the molecule is Cn1nnnc1-c1sc(Nc2ncccc2C(=O)O)nc1-c1ccc(Cl)c(Cl)c1. The Morgan fingerprint density at radius 2 is 2.07 bits per heavy atom. The Balaban J connectivity index is 1.83. The third kappa shape index (κ3) is 3.77. The molecule has 0 aliphatic heterocycles. The van der Waals surface area contributed by atoms with Crippen LogP contribution in [0.4, 0.5) is 10.9 Å². The molecule has 4 rings (SSSR count). The van der Waals surface area contributed by atoms with Gasteiger partial charge in [0.2, 0.25) is 0 Å². The molecular formula is C17H11Cl2N7O2S. The highest BCUT2D eigenvalue weighted by Gasteiger charge is 2.21. The largest absolute Gasteiger partial charge is 0.478 e. The van der Waals surface area contributed by atoms with Gasteiger partial charge >= 0.3 is 5.97 Å². The lowest BCUT2D eigenvalue weighted by Gasteiger charge is -2.04. The van der Waals surface area contributed by atoms with Crippen LogP contribution in [0.2, 0.25) is 10.0 Å². The van der Waals surface area contributed by atoms with Gasteiger partial charge in [0, 0.05) is 18.8 Å². The van der Waals surface area contributed by atoms with E-state index in [9.17, 15) is 9.90 Å². The molecule has 0 fully saturated rings. The van der Waals surface area contributed by atoms with Crippen molar-refractivity contribution in [2.45, 2.75) is 0 Å². The van der Waals surface area contributed by atoms with Gasteiger partial charge < -0.3 is 10.4 Å². The average molecular weight is 448 g/mol. The Bertz CT molecular complexity index is 1220. The fraction of sp³-hybridized carbons (Fsp3) is 0.0588. The van der Waals surface area contributed by atoms with Crippen molar-refractivity contribution in [2.24, 2.45) is 7.05 Å². The minimum absolute atomic E-state index is 0.0284. The Hall–Kier alpha value is -3.08. The van der Waals surface area contributed by atoms with E-state index in [0.29, 0.717) is 37.1 Å². The van der Waals surface area contributed by atoms with E-state index < -0.39 is 5.97 Å². The van der Waals surface area contributed by atoms with Crippen LogP contribution in [0.3, 0.4) is 0 Å². The second kappa shape index (κ2) is 7.74. The van der Waals surface area contributed by atoms with Crippen LogP contribution >= 0.6 is 34.5 Å². The fourth-order valence-corrected chi connectivity index (χ4v) is 3.87. The number of aromatic carboxylic acids is 1. The van der Waals surface area contributed by atoms with E-state index >= 15 is 0 Å². The molecule has 0 saturated carbocycles. The molecule has 0 aliphatic carbocycles. The molecule has 9 nitrogen and oxygen atoms in total. The number of nitrogens with zero attached hydrogens (tertiary/aromatic N) is 6. The molecule has 0 unspecified atom stereocenters. The number of aromatic nitrogens is 6. The minimum Gasteiger partial charge on any atom is -0.478 e. The number of halogens is 2. The van der Waals surface area contributed by atoms with Crippen LogP contribution in [0.15, 0.2) is 36.5 Å². The lowest BCUT2D eigenvalue weighted by atomic mass is 10.1. The zero-order valence-corrected chi connectivity index (χ0v) is 17.0. The number of aryl methyl sites for hydroxylation is 1. The molecule has 3 aromatic heterocycles. The lowest BCUT2D eigenvalue weighted by molar-refractivity contribution is 0.0697. The number of benzene rings is 1. The maximum atomic E-state index is 11.5. The van der Waals surface area contributed by atoms with Crippen molar-refractivity contribution in [2.75, 3.05) is 5.32 Å². The average Bonchev–Trinajstić information content (AvgIpc) is 3.30.